The van der Waals surface area contributed by atoms with Crippen LogP contribution in [0.2, 0.25) is 0 Å². The highest BCUT2D eigenvalue weighted by Crippen LogP contribution is 2.27. The Morgan fingerprint density at radius 1 is 1.50 bits per heavy atom. The van der Waals surface area contributed by atoms with Gasteiger partial charge in [-0.15, -0.1) is 0 Å². The lowest BCUT2D eigenvalue weighted by atomic mass is 10.2. The first-order chi connectivity index (χ1) is 9.58. The summed E-state index contributed by atoms with van der Waals surface area (Å²) in [5.74, 6) is 1.14. The molecule has 1 aromatic carbocycles. The van der Waals surface area contributed by atoms with Crippen molar-refractivity contribution in [1.82, 2.24) is 0 Å². The third kappa shape index (κ3) is 5.08. The van der Waals surface area contributed by atoms with Crippen LogP contribution in [0.3, 0.4) is 0 Å². The average Bonchev–Trinajstić information content (AvgIpc) is 2.43. The van der Waals surface area contributed by atoms with Crippen molar-refractivity contribution in [1.29, 1.82) is 0 Å². The zero-order valence-corrected chi connectivity index (χ0v) is 12.4. The van der Waals surface area contributed by atoms with Crippen LogP contribution in [-0.4, -0.2) is 30.3 Å². The molecule has 0 atom stereocenters. The first-order valence-corrected chi connectivity index (χ1v) is 7.39. The number of nitro benzene ring substituents is 1. The highest BCUT2D eigenvalue weighted by atomic mass is 32.2. The van der Waals surface area contributed by atoms with Crippen molar-refractivity contribution in [2.75, 3.05) is 24.7 Å². The smallest absolute Gasteiger partial charge is 0.306 e. The summed E-state index contributed by atoms with van der Waals surface area (Å²) in [7, 11) is 1.37. The van der Waals surface area contributed by atoms with Crippen LogP contribution in [0, 0.1) is 10.1 Å². The molecule has 0 spiro atoms. The molecule has 0 fully saturated rings. The van der Waals surface area contributed by atoms with Gasteiger partial charge in [-0.2, -0.15) is 11.8 Å². The molecule has 20 heavy (non-hydrogen) atoms. The van der Waals surface area contributed by atoms with Gasteiger partial charge in [-0.3, -0.25) is 14.9 Å². The van der Waals surface area contributed by atoms with Crippen LogP contribution in [0.4, 0.5) is 11.4 Å². The van der Waals surface area contributed by atoms with Crippen LogP contribution in [0.15, 0.2) is 18.2 Å². The van der Waals surface area contributed by atoms with Crippen LogP contribution in [-0.2, 0) is 15.3 Å². The van der Waals surface area contributed by atoms with Gasteiger partial charge in [-0.25, -0.2) is 0 Å². The van der Waals surface area contributed by atoms with E-state index in [1.807, 2.05) is 6.92 Å². The Hall–Kier alpha value is -1.76. The Morgan fingerprint density at radius 2 is 2.25 bits per heavy atom. The second-order valence-corrected chi connectivity index (χ2v) is 5.12. The number of carbonyl (C=O) groups is 1. The minimum atomic E-state index is -0.397. The lowest BCUT2D eigenvalue weighted by Crippen LogP contribution is -2.02. The van der Waals surface area contributed by atoms with Crippen LogP contribution in [0.1, 0.15) is 18.9 Å². The standard InChI is InChI=1S/C13H18N2O4S/c1-3-14-11-8-10(4-5-12(11)15(17)18)9-20-7-6-13(16)19-2/h4-5,8,14H,3,6-7,9H2,1-2H3. The van der Waals surface area contributed by atoms with E-state index in [0.717, 1.165) is 5.56 Å². The maximum atomic E-state index is 11.0. The van der Waals surface area contributed by atoms with Gasteiger partial charge in [0.25, 0.3) is 5.69 Å². The fourth-order valence-electron chi connectivity index (χ4n) is 1.61. The fourth-order valence-corrected chi connectivity index (χ4v) is 2.48. The molecule has 1 aromatic rings. The second-order valence-electron chi connectivity index (χ2n) is 4.02. The Bertz CT molecular complexity index is 479. The lowest BCUT2D eigenvalue weighted by Gasteiger charge is -2.07. The number of carbonyl (C=O) groups excluding carboxylic acids is 1. The first kappa shape index (κ1) is 16.3. The van der Waals surface area contributed by atoms with Gasteiger partial charge in [0.05, 0.1) is 18.5 Å². The van der Waals surface area contributed by atoms with Crippen molar-refractivity contribution in [2.24, 2.45) is 0 Å². The largest absolute Gasteiger partial charge is 0.469 e. The number of esters is 1. The summed E-state index contributed by atoms with van der Waals surface area (Å²) in [6.45, 7) is 2.52. The number of methoxy groups -OCH3 is 1. The van der Waals surface area contributed by atoms with Gasteiger partial charge in [-0.1, -0.05) is 6.07 Å². The Morgan fingerprint density at radius 3 is 2.85 bits per heavy atom. The van der Waals surface area contributed by atoms with E-state index >= 15 is 0 Å². The maximum Gasteiger partial charge on any atom is 0.306 e. The molecule has 0 aliphatic heterocycles. The third-order valence-corrected chi connectivity index (χ3v) is 3.60. The van der Waals surface area contributed by atoms with Crippen molar-refractivity contribution in [3.05, 3.63) is 33.9 Å². The number of hydrogen-bond acceptors (Lipinski definition) is 6. The molecule has 0 unspecified atom stereocenters. The van der Waals surface area contributed by atoms with E-state index in [-0.39, 0.29) is 11.7 Å². The molecule has 0 saturated carbocycles. The van der Waals surface area contributed by atoms with Gasteiger partial charge < -0.3 is 10.1 Å². The number of hydrogen-bond donors (Lipinski definition) is 1. The molecular weight excluding hydrogens is 280 g/mol. The number of nitro groups is 1. The number of nitrogens with zero attached hydrogens (tertiary/aromatic N) is 1. The molecule has 0 aliphatic carbocycles. The van der Waals surface area contributed by atoms with Crippen LogP contribution in [0.5, 0.6) is 0 Å². The van der Waals surface area contributed by atoms with Gasteiger partial charge in [-0.05, 0) is 18.6 Å². The molecular formula is C13H18N2O4S. The normalized spacial score (nSPS) is 10.1. The molecule has 6 nitrogen and oxygen atoms in total. The number of benzene rings is 1. The number of thioether (sulfide) groups is 1. The Kier molecular flexibility index (Phi) is 6.86. The van der Waals surface area contributed by atoms with E-state index in [1.54, 1.807) is 23.9 Å². The molecule has 1 N–H and O–H groups in total. The van der Waals surface area contributed by atoms with Gasteiger partial charge in [0.1, 0.15) is 5.69 Å². The third-order valence-electron chi connectivity index (χ3n) is 2.57. The number of rotatable bonds is 8. The molecule has 0 radical (unpaired) electrons. The summed E-state index contributed by atoms with van der Waals surface area (Å²) in [6.07, 6.45) is 0.369. The summed E-state index contributed by atoms with van der Waals surface area (Å²) in [5, 5.41) is 13.9. The van der Waals surface area contributed by atoms with E-state index in [2.05, 4.69) is 10.1 Å². The zero-order chi connectivity index (χ0) is 15.0. The quantitative estimate of drug-likeness (QED) is 0.344. The number of ether oxygens (including phenoxy) is 1. The maximum absolute atomic E-state index is 11.0. The van der Waals surface area contributed by atoms with Crippen molar-refractivity contribution in [2.45, 2.75) is 19.1 Å². The fraction of sp³-hybridized carbons (Fsp3) is 0.462. The molecule has 7 heteroatoms. The van der Waals surface area contributed by atoms with E-state index in [9.17, 15) is 14.9 Å². The van der Waals surface area contributed by atoms with Gasteiger partial charge in [0.15, 0.2) is 0 Å². The topological polar surface area (TPSA) is 81.5 Å². The number of anilines is 1. The second kappa shape index (κ2) is 8.42. The summed E-state index contributed by atoms with van der Waals surface area (Å²) in [4.78, 5) is 21.5. The summed E-state index contributed by atoms with van der Waals surface area (Å²) < 4.78 is 4.56. The van der Waals surface area contributed by atoms with Crippen molar-refractivity contribution < 1.29 is 14.5 Å². The molecule has 0 heterocycles. The first-order valence-electron chi connectivity index (χ1n) is 6.24. The minimum absolute atomic E-state index is 0.0789. The van der Waals surface area contributed by atoms with E-state index in [1.165, 1.54) is 13.2 Å². The van der Waals surface area contributed by atoms with Crippen molar-refractivity contribution in [3.8, 4) is 0 Å². The predicted molar refractivity (Wildman–Crippen MR) is 80.1 cm³/mol. The van der Waals surface area contributed by atoms with Crippen molar-refractivity contribution >= 4 is 29.1 Å². The summed E-state index contributed by atoms with van der Waals surface area (Å²) in [6, 6.07) is 5.03. The predicted octanol–water partition coefficient (Wildman–Crippen LogP) is 2.82. The molecule has 0 aromatic heterocycles. The minimum Gasteiger partial charge on any atom is -0.469 e. The zero-order valence-electron chi connectivity index (χ0n) is 11.5. The molecule has 0 amide bonds. The monoisotopic (exact) mass is 298 g/mol. The average molecular weight is 298 g/mol. The molecule has 0 saturated heterocycles. The van der Waals surface area contributed by atoms with Crippen LogP contribution in [0.25, 0.3) is 0 Å². The summed E-state index contributed by atoms with van der Waals surface area (Å²) in [5.41, 5.74) is 1.60. The van der Waals surface area contributed by atoms with E-state index < -0.39 is 4.92 Å². The molecule has 110 valence electrons. The summed E-state index contributed by atoms with van der Waals surface area (Å²) >= 11 is 1.59. The van der Waals surface area contributed by atoms with Gasteiger partial charge in [0.2, 0.25) is 0 Å². The van der Waals surface area contributed by atoms with Crippen LogP contribution >= 0.6 is 11.8 Å². The molecule has 1 rings (SSSR count). The lowest BCUT2D eigenvalue weighted by molar-refractivity contribution is -0.384. The Labute approximate surface area is 122 Å². The molecule has 0 bridgehead atoms. The van der Waals surface area contributed by atoms with E-state index in [0.29, 0.717) is 30.2 Å². The molecule has 0 aliphatic rings. The SMILES string of the molecule is CCNc1cc(CSCCC(=O)OC)ccc1[N+](=O)[O-]. The highest BCUT2D eigenvalue weighted by Gasteiger charge is 2.13. The van der Waals surface area contributed by atoms with Crippen molar-refractivity contribution in [3.63, 3.8) is 0 Å². The van der Waals surface area contributed by atoms with E-state index in [4.69, 9.17) is 0 Å². The number of nitrogens with one attached hydrogen (secondary N) is 1. The van der Waals surface area contributed by atoms with Crippen LogP contribution < -0.4 is 5.32 Å². The highest BCUT2D eigenvalue weighted by molar-refractivity contribution is 7.98. The van der Waals surface area contributed by atoms with Gasteiger partial charge in [0, 0.05) is 24.1 Å². The van der Waals surface area contributed by atoms with Gasteiger partial charge >= 0.3 is 5.97 Å². The Balaban J connectivity index is 2.60.